The van der Waals surface area contributed by atoms with Gasteiger partial charge in [-0.3, -0.25) is 0 Å². The van der Waals surface area contributed by atoms with E-state index in [9.17, 15) is 0 Å². The van der Waals surface area contributed by atoms with Gasteiger partial charge >= 0.3 is 0 Å². The molecule has 20 heavy (non-hydrogen) atoms. The van der Waals surface area contributed by atoms with Gasteiger partial charge < -0.3 is 10.5 Å². The van der Waals surface area contributed by atoms with Crippen molar-refractivity contribution < 1.29 is 4.74 Å². The molecule has 2 heterocycles. The molecule has 0 saturated heterocycles. The number of nitrogen functional groups attached to an aromatic ring is 1. The number of rotatable bonds is 5. The van der Waals surface area contributed by atoms with Crippen LogP contribution in [0, 0.1) is 13.8 Å². The smallest absolute Gasteiger partial charge is 0.242 e. The van der Waals surface area contributed by atoms with Crippen LogP contribution in [0.1, 0.15) is 37.2 Å². The van der Waals surface area contributed by atoms with Crippen molar-refractivity contribution in [2.45, 2.75) is 40.5 Å². The zero-order chi connectivity index (χ0) is 14.7. The van der Waals surface area contributed by atoms with Gasteiger partial charge in [0.25, 0.3) is 0 Å². The second-order valence-electron chi connectivity index (χ2n) is 4.68. The molecule has 0 aliphatic carbocycles. The van der Waals surface area contributed by atoms with E-state index in [2.05, 4.69) is 22.0 Å². The van der Waals surface area contributed by atoms with Crippen molar-refractivity contribution in [3.8, 4) is 11.7 Å². The molecule has 0 aromatic carbocycles. The van der Waals surface area contributed by atoms with Crippen LogP contribution in [0.25, 0.3) is 5.82 Å². The molecule has 0 spiro atoms. The van der Waals surface area contributed by atoms with Crippen LogP contribution in [0.4, 0.5) is 5.69 Å². The van der Waals surface area contributed by atoms with Crippen LogP contribution in [-0.4, -0.2) is 26.4 Å². The standard InChI is InChI=1S/C14H21N5O/c1-5-7-20-14-12(15)13(16-8-17-14)19-10(4)11(6-2)9(3)18-19/h8H,5-7,15H2,1-4H3. The molecule has 0 amide bonds. The van der Waals surface area contributed by atoms with E-state index in [1.807, 2.05) is 20.8 Å². The molecule has 0 bridgehead atoms. The maximum Gasteiger partial charge on any atom is 0.242 e. The average molecular weight is 275 g/mol. The number of aromatic nitrogens is 4. The third kappa shape index (κ3) is 2.45. The van der Waals surface area contributed by atoms with Crippen LogP contribution in [0.2, 0.25) is 0 Å². The largest absolute Gasteiger partial charge is 0.476 e. The molecule has 0 aliphatic heterocycles. The average Bonchev–Trinajstić information content (AvgIpc) is 2.72. The Morgan fingerprint density at radius 1 is 1.25 bits per heavy atom. The number of hydrogen-bond acceptors (Lipinski definition) is 5. The Bertz CT molecular complexity index is 606. The minimum absolute atomic E-state index is 0.419. The van der Waals surface area contributed by atoms with Gasteiger partial charge in [-0.25, -0.2) is 9.67 Å². The lowest BCUT2D eigenvalue weighted by molar-refractivity contribution is 0.306. The van der Waals surface area contributed by atoms with Crippen molar-refractivity contribution in [1.29, 1.82) is 0 Å². The van der Waals surface area contributed by atoms with Gasteiger partial charge in [0.15, 0.2) is 5.82 Å². The molecular formula is C14H21N5O. The predicted octanol–water partition coefficient (Wildman–Crippen LogP) is 2.21. The molecule has 0 saturated carbocycles. The number of aryl methyl sites for hydroxylation is 1. The number of hydrogen-bond donors (Lipinski definition) is 1. The van der Waals surface area contributed by atoms with E-state index in [4.69, 9.17) is 10.5 Å². The lowest BCUT2D eigenvalue weighted by atomic mass is 10.1. The first-order chi connectivity index (χ1) is 9.60. The summed E-state index contributed by atoms with van der Waals surface area (Å²) in [7, 11) is 0. The summed E-state index contributed by atoms with van der Waals surface area (Å²) in [5.41, 5.74) is 9.81. The van der Waals surface area contributed by atoms with E-state index in [1.54, 1.807) is 4.68 Å². The maximum atomic E-state index is 6.11. The summed E-state index contributed by atoms with van der Waals surface area (Å²) < 4.78 is 7.30. The Balaban J connectivity index is 2.48. The summed E-state index contributed by atoms with van der Waals surface area (Å²) in [5.74, 6) is 0.994. The minimum Gasteiger partial charge on any atom is -0.476 e. The van der Waals surface area contributed by atoms with Crippen molar-refractivity contribution >= 4 is 5.69 Å². The third-order valence-electron chi connectivity index (χ3n) is 3.26. The van der Waals surface area contributed by atoms with Crippen molar-refractivity contribution in [2.75, 3.05) is 12.3 Å². The molecule has 0 radical (unpaired) electrons. The summed E-state index contributed by atoms with van der Waals surface area (Å²) in [6.45, 7) is 8.74. The van der Waals surface area contributed by atoms with E-state index in [-0.39, 0.29) is 0 Å². The molecule has 2 aromatic heterocycles. The summed E-state index contributed by atoms with van der Waals surface area (Å²) >= 11 is 0. The lowest BCUT2D eigenvalue weighted by Crippen LogP contribution is -2.10. The SMILES string of the molecule is CCCOc1ncnc(-n2nc(C)c(CC)c2C)c1N. The zero-order valence-electron chi connectivity index (χ0n) is 12.5. The Hall–Kier alpha value is -2.11. The quantitative estimate of drug-likeness (QED) is 0.905. The third-order valence-corrected chi connectivity index (χ3v) is 3.26. The Labute approximate surface area is 119 Å². The van der Waals surface area contributed by atoms with Crippen molar-refractivity contribution in [1.82, 2.24) is 19.7 Å². The Morgan fingerprint density at radius 2 is 2.00 bits per heavy atom. The lowest BCUT2D eigenvalue weighted by Gasteiger charge is -2.11. The monoisotopic (exact) mass is 275 g/mol. The van der Waals surface area contributed by atoms with Gasteiger partial charge in [0.05, 0.1) is 12.3 Å². The number of ether oxygens (including phenoxy) is 1. The van der Waals surface area contributed by atoms with Crippen LogP contribution < -0.4 is 10.5 Å². The topological polar surface area (TPSA) is 78.9 Å². The van der Waals surface area contributed by atoms with E-state index in [0.29, 0.717) is 24.0 Å². The number of anilines is 1. The summed E-state index contributed by atoms with van der Waals surface area (Å²) in [6.07, 6.45) is 3.29. The highest BCUT2D eigenvalue weighted by molar-refractivity contribution is 5.60. The van der Waals surface area contributed by atoms with Gasteiger partial charge in [-0.05, 0) is 32.3 Å². The van der Waals surface area contributed by atoms with Gasteiger partial charge in [0.2, 0.25) is 5.88 Å². The van der Waals surface area contributed by atoms with Crippen LogP contribution in [-0.2, 0) is 6.42 Å². The van der Waals surface area contributed by atoms with E-state index in [0.717, 1.165) is 24.2 Å². The normalized spacial score (nSPS) is 10.8. The number of nitrogens with zero attached hydrogens (tertiary/aromatic N) is 4. The highest BCUT2D eigenvalue weighted by Crippen LogP contribution is 2.26. The number of nitrogens with two attached hydrogens (primary N) is 1. The van der Waals surface area contributed by atoms with Crippen LogP contribution in [0.15, 0.2) is 6.33 Å². The van der Waals surface area contributed by atoms with Crippen LogP contribution >= 0.6 is 0 Å². The molecular weight excluding hydrogens is 254 g/mol. The van der Waals surface area contributed by atoms with Gasteiger partial charge in [-0.2, -0.15) is 10.1 Å². The Morgan fingerprint density at radius 3 is 2.60 bits per heavy atom. The molecule has 0 aliphatic rings. The molecule has 2 N–H and O–H groups in total. The predicted molar refractivity (Wildman–Crippen MR) is 78.2 cm³/mol. The molecule has 2 aromatic rings. The molecule has 0 unspecified atom stereocenters. The van der Waals surface area contributed by atoms with Gasteiger partial charge in [-0.1, -0.05) is 13.8 Å². The molecule has 0 atom stereocenters. The molecule has 0 fully saturated rings. The second-order valence-corrected chi connectivity index (χ2v) is 4.68. The first-order valence-electron chi connectivity index (χ1n) is 6.88. The van der Waals surface area contributed by atoms with Crippen molar-refractivity contribution in [2.24, 2.45) is 0 Å². The molecule has 2 rings (SSSR count). The molecule has 108 valence electrons. The maximum absolute atomic E-state index is 6.11. The summed E-state index contributed by atoms with van der Waals surface area (Å²) in [6, 6.07) is 0. The zero-order valence-corrected chi connectivity index (χ0v) is 12.5. The minimum atomic E-state index is 0.419. The van der Waals surface area contributed by atoms with Crippen molar-refractivity contribution in [3.05, 3.63) is 23.3 Å². The fraction of sp³-hybridized carbons (Fsp3) is 0.500. The highest BCUT2D eigenvalue weighted by atomic mass is 16.5. The van der Waals surface area contributed by atoms with Gasteiger partial charge in [-0.15, -0.1) is 0 Å². The van der Waals surface area contributed by atoms with Gasteiger partial charge in [0.1, 0.15) is 12.0 Å². The first-order valence-corrected chi connectivity index (χ1v) is 6.88. The van der Waals surface area contributed by atoms with Crippen LogP contribution in [0.5, 0.6) is 5.88 Å². The van der Waals surface area contributed by atoms with E-state index < -0.39 is 0 Å². The van der Waals surface area contributed by atoms with Crippen LogP contribution in [0.3, 0.4) is 0 Å². The molecule has 6 heteroatoms. The molecule has 6 nitrogen and oxygen atoms in total. The van der Waals surface area contributed by atoms with E-state index in [1.165, 1.54) is 11.9 Å². The fourth-order valence-corrected chi connectivity index (χ4v) is 2.25. The van der Waals surface area contributed by atoms with Crippen molar-refractivity contribution in [3.63, 3.8) is 0 Å². The summed E-state index contributed by atoms with van der Waals surface area (Å²) in [5, 5.41) is 4.52. The summed E-state index contributed by atoms with van der Waals surface area (Å²) in [4.78, 5) is 8.33. The Kier molecular flexibility index (Phi) is 4.22. The highest BCUT2D eigenvalue weighted by Gasteiger charge is 2.17. The second kappa shape index (κ2) is 5.90. The van der Waals surface area contributed by atoms with E-state index >= 15 is 0 Å². The van der Waals surface area contributed by atoms with Gasteiger partial charge in [0, 0.05) is 5.69 Å². The first kappa shape index (κ1) is 14.3. The fourth-order valence-electron chi connectivity index (χ4n) is 2.25.